The van der Waals surface area contributed by atoms with Gasteiger partial charge in [-0.2, -0.15) is 0 Å². The Balaban J connectivity index is 2.06. The zero-order valence-electron chi connectivity index (χ0n) is 23.2. The monoisotopic (exact) mass is 570 g/mol. The lowest BCUT2D eigenvalue weighted by molar-refractivity contribution is 0.0413. The first-order chi connectivity index (χ1) is 18.7. The van der Waals surface area contributed by atoms with Crippen molar-refractivity contribution in [3.63, 3.8) is 0 Å². The molecule has 4 amide bonds. The van der Waals surface area contributed by atoms with Crippen molar-refractivity contribution in [3.05, 3.63) is 34.9 Å². The maximum Gasteiger partial charge on any atom is 0.407 e. The average Bonchev–Trinajstić information content (AvgIpc) is 2.92. The van der Waals surface area contributed by atoms with E-state index in [2.05, 4.69) is 15.4 Å². The fourth-order valence-corrected chi connectivity index (χ4v) is 4.79. The van der Waals surface area contributed by atoms with Crippen LogP contribution >= 0.6 is 11.6 Å². The number of carbonyl (C=O) groups is 3. The summed E-state index contributed by atoms with van der Waals surface area (Å²) in [6.07, 6.45) is 1.92. The fourth-order valence-electron chi connectivity index (χ4n) is 4.59. The molecular formula is C27H43ClN4O7. The molecule has 0 radical (unpaired) electrons. The number of nitrogens with zero attached hydrogens (tertiary/aromatic N) is 2. The van der Waals surface area contributed by atoms with Crippen LogP contribution in [0, 0.1) is 5.92 Å². The quantitative estimate of drug-likeness (QED) is 0.267. The van der Waals surface area contributed by atoms with Crippen LogP contribution in [-0.2, 0) is 14.2 Å². The number of hydrogen-bond donors (Lipinski definition) is 3. The SMILES string of the molecule is CCCN(CCC(OCCNC(=O)OC)c1cccc(Cl)c1)C(=O)NC(CC1CCCOC1)CN(C)C(=O)O. The van der Waals surface area contributed by atoms with Crippen LogP contribution in [0.5, 0.6) is 0 Å². The number of rotatable bonds is 15. The standard InChI is InChI=1S/C27H43ClN4O7/c1-4-12-32(25(33)30-23(18-31(2)27(35)36)16-20-7-6-14-38-19-20)13-10-24(21-8-5-9-22(28)17-21)39-15-11-29-26(34)37-3/h5,8-9,17,20,23-24H,4,6-7,10-16,18-19H2,1-3H3,(H,29,34)(H,30,33)(H,35,36). The number of carbonyl (C=O) groups excluding carboxylic acids is 2. The molecule has 3 N–H and O–H groups in total. The molecule has 12 heteroatoms. The Morgan fingerprint density at radius 2 is 2.08 bits per heavy atom. The van der Waals surface area contributed by atoms with E-state index in [0.29, 0.717) is 37.6 Å². The Hall–Kier alpha value is -2.76. The van der Waals surface area contributed by atoms with Gasteiger partial charge < -0.3 is 39.8 Å². The van der Waals surface area contributed by atoms with Crippen LogP contribution in [0.15, 0.2) is 24.3 Å². The van der Waals surface area contributed by atoms with Crippen LogP contribution in [0.1, 0.15) is 50.7 Å². The fraction of sp³-hybridized carbons (Fsp3) is 0.667. The molecule has 11 nitrogen and oxygen atoms in total. The topological polar surface area (TPSA) is 130 Å². The number of alkyl carbamates (subject to hydrolysis) is 1. The van der Waals surface area contributed by atoms with Gasteiger partial charge in [-0.15, -0.1) is 0 Å². The summed E-state index contributed by atoms with van der Waals surface area (Å²) in [5.74, 6) is 0.269. The first-order valence-electron chi connectivity index (χ1n) is 13.5. The highest BCUT2D eigenvalue weighted by Crippen LogP contribution is 2.25. The summed E-state index contributed by atoms with van der Waals surface area (Å²) in [4.78, 5) is 39.2. The Morgan fingerprint density at radius 1 is 1.28 bits per heavy atom. The molecule has 220 valence electrons. The molecular weight excluding hydrogens is 528 g/mol. The number of benzene rings is 1. The van der Waals surface area contributed by atoms with Crippen LogP contribution in [0.3, 0.4) is 0 Å². The maximum atomic E-state index is 13.4. The Morgan fingerprint density at radius 3 is 2.72 bits per heavy atom. The van der Waals surface area contributed by atoms with E-state index in [-0.39, 0.29) is 43.8 Å². The molecule has 0 bridgehead atoms. The molecule has 39 heavy (non-hydrogen) atoms. The number of methoxy groups -OCH3 is 1. The molecule has 0 aliphatic carbocycles. The summed E-state index contributed by atoms with van der Waals surface area (Å²) in [5, 5.41) is 15.6. The van der Waals surface area contributed by atoms with Crippen LogP contribution < -0.4 is 10.6 Å². The third-order valence-electron chi connectivity index (χ3n) is 6.56. The second-order valence-corrected chi connectivity index (χ2v) is 10.2. The van der Waals surface area contributed by atoms with Crippen molar-refractivity contribution in [3.8, 4) is 0 Å². The highest BCUT2D eigenvalue weighted by Gasteiger charge is 2.26. The third kappa shape index (κ3) is 12.3. The molecule has 1 aliphatic rings. The van der Waals surface area contributed by atoms with E-state index >= 15 is 0 Å². The van der Waals surface area contributed by atoms with Crippen molar-refractivity contribution in [1.29, 1.82) is 0 Å². The van der Waals surface area contributed by atoms with Gasteiger partial charge in [-0.3, -0.25) is 0 Å². The molecule has 1 aromatic rings. The second kappa shape index (κ2) is 17.8. The molecule has 2 rings (SSSR count). The van der Waals surface area contributed by atoms with Crippen molar-refractivity contribution >= 4 is 29.8 Å². The summed E-state index contributed by atoms with van der Waals surface area (Å²) in [6, 6.07) is 6.79. The Bertz CT molecular complexity index is 901. The lowest BCUT2D eigenvalue weighted by atomic mass is 9.94. The lowest BCUT2D eigenvalue weighted by Crippen LogP contribution is -2.50. The second-order valence-electron chi connectivity index (χ2n) is 9.74. The zero-order chi connectivity index (χ0) is 28.6. The molecule has 1 saturated heterocycles. The van der Waals surface area contributed by atoms with E-state index in [0.717, 1.165) is 31.4 Å². The van der Waals surface area contributed by atoms with Crippen LogP contribution in [0.2, 0.25) is 5.02 Å². The minimum Gasteiger partial charge on any atom is -0.465 e. The van der Waals surface area contributed by atoms with E-state index in [4.69, 9.17) is 21.1 Å². The molecule has 1 aliphatic heterocycles. The van der Waals surface area contributed by atoms with Gasteiger partial charge in [-0.25, -0.2) is 14.4 Å². The van der Waals surface area contributed by atoms with E-state index in [9.17, 15) is 19.5 Å². The number of urea groups is 1. The lowest BCUT2D eigenvalue weighted by Gasteiger charge is -2.32. The predicted octanol–water partition coefficient (Wildman–Crippen LogP) is 4.36. The number of hydrogen-bond acceptors (Lipinski definition) is 6. The Kier molecular flexibility index (Phi) is 14.8. The normalized spacial score (nSPS) is 16.6. The molecule has 3 unspecified atom stereocenters. The van der Waals surface area contributed by atoms with Crippen molar-refractivity contribution in [1.82, 2.24) is 20.4 Å². The van der Waals surface area contributed by atoms with E-state index in [1.54, 1.807) is 11.0 Å². The van der Waals surface area contributed by atoms with Gasteiger partial charge in [0.1, 0.15) is 0 Å². The number of ether oxygens (including phenoxy) is 3. The summed E-state index contributed by atoms with van der Waals surface area (Å²) in [5.41, 5.74) is 0.871. The number of halogens is 1. The average molecular weight is 571 g/mol. The largest absolute Gasteiger partial charge is 0.465 e. The van der Waals surface area contributed by atoms with Gasteiger partial charge in [-0.05, 0) is 55.7 Å². The molecule has 1 heterocycles. The number of likely N-dealkylation sites (N-methyl/N-ethyl adjacent to an activating group) is 1. The zero-order valence-corrected chi connectivity index (χ0v) is 24.0. The smallest absolute Gasteiger partial charge is 0.407 e. The molecule has 3 atom stereocenters. The minimum absolute atomic E-state index is 0.193. The highest BCUT2D eigenvalue weighted by molar-refractivity contribution is 6.30. The summed E-state index contributed by atoms with van der Waals surface area (Å²) in [7, 11) is 2.80. The molecule has 0 aromatic heterocycles. The van der Waals surface area contributed by atoms with E-state index < -0.39 is 12.2 Å². The van der Waals surface area contributed by atoms with Gasteiger partial charge in [0.05, 0.1) is 19.8 Å². The first kappa shape index (κ1) is 32.5. The van der Waals surface area contributed by atoms with Crippen molar-refractivity contribution in [2.24, 2.45) is 5.92 Å². The van der Waals surface area contributed by atoms with Gasteiger partial charge in [-0.1, -0.05) is 30.7 Å². The van der Waals surface area contributed by atoms with Crippen molar-refractivity contribution < 1.29 is 33.7 Å². The number of amides is 4. The minimum atomic E-state index is -1.04. The number of carboxylic acid groups (broad SMARTS) is 1. The van der Waals surface area contributed by atoms with Crippen molar-refractivity contribution in [2.75, 3.05) is 60.2 Å². The molecule has 1 aromatic carbocycles. The summed E-state index contributed by atoms with van der Waals surface area (Å²) >= 11 is 6.22. The summed E-state index contributed by atoms with van der Waals surface area (Å²) in [6.45, 7) is 5.01. The molecule has 1 fully saturated rings. The van der Waals surface area contributed by atoms with Gasteiger partial charge in [0.25, 0.3) is 0 Å². The summed E-state index contributed by atoms with van der Waals surface area (Å²) < 4.78 is 16.3. The predicted molar refractivity (Wildman–Crippen MR) is 148 cm³/mol. The van der Waals surface area contributed by atoms with E-state index in [1.165, 1.54) is 19.1 Å². The van der Waals surface area contributed by atoms with Crippen molar-refractivity contribution in [2.45, 2.75) is 51.2 Å². The molecule has 0 spiro atoms. The Labute approximate surface area is 236 Å². The highest BCUT2D eigenvalue weighted by atomic mass is 35.5. The maximum absolute atomic E-state index is 13.4. The van der Waals surface area contributed by atoms with Crippen LogP contribution in [0.4, 0.5) is 14.4 Å². The van der Waals surface area contributed by atoms with Gasteiger partial charge in [0.2, 0.25) is 0 Å². The van der Waals surface area contributed by atoms with Gasteiger partial charge in [0, 0.05) is 57.5 Å². The van der Waals surface area contributed by atoms with Gasteiger partial charge >= 0.3 is 18.2 Å². The first-order valence-corrected chi connectivity index (χ1v) is 13.9. The van der Waals surface area contributed by atoms with Crippen LogP contribution in [0.25, 0.3) is 0 Å². The van der Waals surface area contributed by atoms with E-state index in [1.807, 2.05) is 25.1 Å². The van der Waals surface area contributed by atoms with Gasteiger partial charge in [0.15, 0.2) is 0 Å². The number of nitrogens with one attached hydrogen (secondary N) is 2. The molecule has 0 saturated carbocycles. The third-order valence-corrected chi connectivity index (χ3v) is 6.79. The van der Waals surface area contributed by atoms with Crippen LogP contribution in [-0.4, -0.2) is 99.3 Å².